The fraction of sp³-hybridized carbons (Fsp3) is 0.391. The maximum absolute atomic E-state index is 12.7. The van der Waals surface area contributed by atoms with E-state index in [1.54, 1.807) is 0 Å². The van der Waals surface area contributed by atoms with E-state index in [9.17, 15) is 9.59 Å². The van der Waals surface area contributed by atoms with E-state index in [0.717, 1.165) is 47.7 Å². The lowest BCUT2D eigenvalue weighted by atomic mass is 9.95. The molecule has 0 heterocycles. The van der Waals surface area contributed by atoms with Crippen molar-refractivity contribution in [1.82, 2.24) is 10.6 Å². The SMILES string of the molecule is O=C(COc1ccc(CCNC(=O)C2(c3ccc(Br)cc3)CC2)cc1)NC1CC1. The molecule has 2 fully saturated rings. The molecule has 0 bridgehead atoms. The second kappa shape index (κ2) is 8.57. The van der Waals surface area contributed by atoms with Crippen LogP contribution >= 0.6 is 15.9 Å². The standard InChI is InChI=1S/C23H25BrN2O3/c24-18-5-3-17(4-6-18)23(12-13-23)22(28)25-14-11-16-1-9-20(10-2-16)29-15-21(27)26-19-7-8-19/h1-6,9-10,19H,7-8,11-15H2,(H,25,28)(H,26,27). The van der Waals surface area contributed by atoms with E-state index < -0.39 is 0 Å². The highest BCUT2D eigenvalue weighted by Gasteiger charge is 2.50. The number of carbonyl (C=O) groups is 2. The molecule has 0 saturated heterocycles. The van der Waals surface area contributed by atoms with Gasteiger partial charge in [0.15, 0.2) is 6.61 Å². The van der Waals surface area contributed by atoms with Crippen LogP contribution in [0.2, 0.25) is 0 Å². The Kier molecular flexibility index (Phi) is 5.90. The fourth-order valence-corrected chi connectivity index (χ4v) is 3.69. The van der Waals surface area contributed by atoms with Gasteiger partial charge in [-0.1, -0.05) is 40.2 Å². The van der Waals surface area contributed by atoms with Crippen molar-refractivity contribution in [2.75, 3.05) is 13.2 Å². The number of rotatable bonds is 9. The van der Waals surface area contributed by atoms with Crippen molar-refractivity contribution >= 4 is 27.7 Å². The molecule has 5 nitrogen and oxygen atoms in total. The summed E-state index contributed by atoms with van der Waals surface area (Å²) in [5.74, 6) is 0.719. The lowest BCUT2D eigenvalue weighted by molar-refractivity contribution is -0.124. The van der Waals surface area contributed by atoms with Crippen LogP contribution in [-0.4, -0.2) is 31.0 Å². The monoisotopic (exact) mass is 456 g/mol. The van der Waals surface area contributed by atoms with E-state index >= 15 is 0 Å². The first-order chi connectivity index (χ1) is 14.0. The first kappa shape index (κ1) is 20.0. The summed E-state index contributed by atoms with van der Waals surface area (Å²) in [6.07, 6.45) is 4.70. The molecule has 6 heteroatoms. The molecule has 0 aliphatic heterocycles. The van der Waals surface area contributed by atoms with E-state index in [-0.39, 0.29) is 23.8 Å². The molecule has 2 N–H and O–H groups in total. The molecular formula is C23H25BrN2O3. The first-order valence-electron chi connectivity index (χ1n) is 10.1. The molecule has 2 aromatic rings. The quantitative estimate of drug-likeness (QED) is 0.606. The third-order valence-electron chi connectivity index (χ3n) is 5.52. The molecule has 2 aliphatic rings. The van der Waals surface area contributed by atoms with Crippen LogP contribution in [0.25, 0.3) is 0 Å². The molecule has 2 aromatic carbocycles. The highest BCUT2D eigenvalue weighted by Crippen LogP contribution is 2.48. The Labute approximate surface area is 179 Å². The van der Waals surface area contributed by atoms with Gasteiger partial charge in [0.05, 0.1) is 5.41 Å². The van der Waals surface area contributed by atoms with Crippen molar-refractivity contribution in [3.8, 4) is 5.75 Å². The van der Waals surface area contributed by atoms with Crippen molar-refractivity contribution in [3.63, 3.8) is 0 Å². The van der Waals surface area contributed by atoms with Crippen LogP contribution in [0.5, 0.6) is 5.75 Å². The van der Waals surface area contributed by atoms with Gasteiger partial charge >= 0.3 is 0 Å². The number of carbonyl (C=O) groups excluding carboxylic acids is 2. The lowest BCUT2D eigenvalue weighted by Gasteiger charge is -2.16. The second-order valence-corrected chi connectivity index (χ2v) is 8.78. The minimum Gasteiger partial charge on any atom is -0.484 e. The Bertz CT molecular complexity index is 872. The zero-order valence-electron chi connectivity index (χ0n) is 16.2. The molecule has 4 rings (SSSR count). The van der Waals surface area contributed by atoms with Gasteiger partial charge in [0.1, 0.15) is 5.75 Å². The van der Waals surface area contributed by atoms with E-state index in [1.165, 1.54) is 0 Å². The largest absolute Gasteiger partial charge is 0.484 e. The Morgan fingerprint density at radius 2 is 1.72 bits per heavy atom. The summed E-state index contributed by atoms with van der Waals surface area (Å²) in [5.41, 5.74) is 1.86. The van der Waals surface area contributed by atoms with Gasteiger partial charge in [-0.3, -0.25) is 9.59 Å². The molecule has 0 radical (unpaired) electrons. The second-order valence-electron chi connectivity index (χ2n) is 7.87. The van der Waals surface area contributed by atoms with E-state index in [2.05, 4.69) is 26.6 Å². The van der Waals surface area contributed by atoms with Crippen LogP contribution in [0.4, 0.5) is 0 Å². The molecule has 152 valence electrons. The number of ether oxygens (including phenoxy) is 1. The lowest BCUT2D eigenvalue weighted by Crippen LogP contribution is -2.35. The van der Waals surface area contributed by atoms with Crippen LogP contribution in [-0.2, 0) is 21.4 Å². The summed E-state index contributed by atoms with van der Waals surface area (Å²) in [6, 6.07) is 16.1. The zero-order valence-corrected chi connectivity index (χ0v) is 17.8. The summed E-state index contributed by atoms with van der Waals surface area (Å²) in [5, 5.41) is 5.99. The van der Waals surface area contributed by atoms with Gasteiger partial charge in [-0.2, -0.15) is 0 Å². The first-order valence-corrected chi connectivity index (χ1v) is 10.9. The Hall–Kier alpha value is -2.34. The molecule has 2 saturated carbocycles. The summed E-state index contributed by atoms with van der Waals surface area (Å²) in [6.45, 7) is 0.644. The van der Waals surface area contributed by atoms with Crippen LogP contribution in [0, 0.1) is 0 Å². The number of halogens is 1. The van der Waals surface area contributed by atoms with Crippen molar-refractivity contribution in [2.45, 2.75) is 43.6 Å². The maximum Gasteiger partial charge on any atom is 0.258 e. The maximum atomic E-state index is 12.7. The Morgan fingerprint density at radius 1 is 1.03 bits per heavy atom. The Balaban J connectivity index is 1.21. The molecule has 2 amide bonds. The third kappa shape index (κ3) is 5.18. The van der Waals surface area contributed by atoms with E-state index in [1.807, 2.05) is 48.5 Å². The van der Waals surface area contributed by atoms with Crippen LogP contribution in [0.15, 0.2) is 53.0 Å². The van der Waals surface area contributed by atoms with Gasteiger partial charge in [0, 0.05) is 17.1 Å². The molecular weight excluding hydrogens is 432 g/mol. The van der Waals surface area contributed by atoms with Gasteiger partial charge in [0.25, 0.3) is 5.91 Å². The summed E-state index contributed by atoms with van der Waals surface area (Å²) in [7, 11) is 0. The number of hydrogen-bond acceptors (Lipinski definition) is 3. The van der Waals surface area contributed by atoms with Gasteiger partial charge in [-0.15, -0.1) is 0 Å². The van der Waals surface area contributed by atoms with Gasteiger partial charge in [-0.05, 0) is 67.5 Å². The van der Waals surface area contributed by atoms with E-state index in [0.29, 0.717) is 18.3 Å². The van der Waals surface area contributed by atoms with Crippen molar-refractivity contribution in [1.29, 1.82) is 0 Å². The average Bonchev–Trinajstić information content (AvgIpc) is 3.63. The van der Waals surface area contributed by atoms with Gasteiger partial charge in [-0.25, -0.2) is 0 Å². The zero-order chi connectivity index (χ0) is 20.3. The average molecular weight is 457 g/mol. The van der Waals surface area contributed by atoms with Crippen molar-refractivity contribution in [2.24, 2.45) is 0 Å². The molecule has 0 atom stereocenters. The van der Waals surface area contributed by atoms with Crippen LogP contribution in [0.1, 0.15) is 36.8 Å². The smallest absolute Gasteiger partial charge is 0.258 e. The molecule has 0 aromatic heterocycles. The summed E-state index contributed by atoms with van der Waals surface area (Å²) < 4.78 is 6.54. The minimum absolute atomic E-state index is 0.0457. The normalized spacial score (nSPS) is 16.7. The number of benzene rings is 2. The van der Waals surface area contributed by atoms with E-state index in [4.69, 9.17) is 4.74 Å². The van der Waals surface area contributed by atoms with Gasteiger partial charge < -0.3 is 15.4 Å². The fourth-order valence-electron chi connectivity index (χ4n) is 3.43. The molecule has 0 unspecified atom stereocenters. The van der Waals surface area contributed by atoms with Crippen LogP contribution in [0.3, 0.4) is 0 Å². The predicted molar refractivity (Wildman–Crippen MR) is 115 cm³/mol. The molecule has 2 aliphatic carbocycles. The predicted octanol–water partition coefficient (Wildman–Crippen LogP) is 3.50. The van der Waals surface area contributed by atoms with Gasteiger partial charge in [0.2, 0.25) is 5.91 Å². The highest BCUT2D eigenvalue weighted by molar-refractivity contribution is 9.10. The number of hydrogen-bond donors (Lipinski definition) is 2. The summed E-state index contributed by atoms with van der Waals surface area (Å²) in [4.78, 5) is 24.4. The topological polar surface area (TPSA) is 67.4 Å². The van der Waals surface area contributed by atoms with Crippen molar-refractivity contribution in [3.05, 3.63) is 64.1 Å². The highest BCUT2D eigenvalue weighted by atomic mass is 79.9. The molecule has 0 spiro atoms. The minimum atomic E-state index is -0.348. The number of nitrogens with one attached hydrogen (secondary N) is 2. The Morgan fingerprint density at radius 3 is 2.34 bits per heavy atom. The molecule has 29 heavy (non-hydrogen) atoms. The summed E-state index contributed by atoms with van der Waals surface area (Å²) >= 11 is 3.44. The van der Waals surface area contributed by atoms with Crippen LogP contribution < -0.4 is 15.4 Å². The van der Waals surface area contributed by atoms with Crippen molar-refractivity contribution < 1.29 is 14.3 Å². The third-order valence-corrected chi connectivity index (χ3v) is 6.05. The number of amides is 2.